The van der Waals surface area contributed by atoms with E-state index in [1.54, 1.807) is 62.6 Å². The SMILES string of the molecule is CCC(C)[C@@H]1NC(=O)[C@H](Cc2cn(OC)c3ccccc23)NC(=O)[C@H](CCCCCC(=O)C(C)F)CC(=O)[C@H]2CCCCN2C1=O.CCC(C)[C@@H]1NC(=O)[C@H](Cc2cn(OC)c3ccccc23)NC(=O)[C@H](CCCCCC(=O)C(C)O)CC(=O)[C@H]2CCCCN2C1=O.CCC(C)[C@@H]1NC(=O)[C@H](Cc2cn(OC)c3ccccc23)NC(=O)[C@H](CCCCCC(=O)C2CO2)CC(=O)[C@H]2CCCCN2C1=O. The second-order valence-corrected chi connectivity index (χ2v) is 39.0. The topological polar surface area (TPSA) is 413 Å². The summed E-state index contributed by atoms with van der Waals surface area (Å²) in [5.74, 6) is -6.76. The fraction of sp³-hybridized carbons (Fsp3) is 0.629. The number of aliphatic hydroxyl groups is 1. The van der Waals surface area contributed by atoms with E-state index in [0.29, 0.717) is 142 Å². The molecular weight excluding hydrogens is 1770 g/mol. The molecule has 0 saturated carbocycles. The lowest BCUT2D eigenvalue weighted by Crippen LogP contribution is -2.61. The molecule has 9 amide bonds. The number of fused-ring (bicyclic) bond motifs is 6. The number of rotatable bonds is 36. The van der Waals surface area contributed by atoms with Crippen molar-refractivity contribution in [3.63, 3.8) is 0 Å². The summed E-state index contributed by atoms with van der Waals surface area (Å²) in [4.78, 5) is 225. The van der Waals surface area contributed by atoms with Crippen LogP contribution in [0.5, 0.6) is 0 Å². The zero-order valence-corrected chi connectivity index (χ0v) is 82.5. The molecule has 7 fully saturated rings. The molecule has 18 atom stereocenters. The van der Waals surface area contributed by atoms with Crippen molar-refractivity contribution in [2.24, 2.45) is 35.5 Å². The highest BCUT2D eigenvalue weighted by atomic mass is 19.1. The number of hydrogen-bond acceptors (Lipinski definition) is 20. The summed E-state index contributed by atoms with van der Waals surface area (Å²) < 4.78 is 23.2. The number of alkyl halides is 1. The standard InChI is InChI=1S/C35H49FN4O6.C35H48N4O7.C35H50N4O7/c1-5-22(2)32-35(45)39-18-12-11-16-29(39)31(42)20-24(13-7-6-8-17-30(41)23(3)36)33(43)37-27(34(44)38-32)19-25-21-40(46-4)28-15-10-9-14-26(25)28;1-4-22(2)32-35(44)38-17-11-10-15-28(38)30(41)19-23(12-6-5-7-16-29(40)31-21-46-31)33(42)36-26(34(43)37-32)18-24-20-39(45-3)27-14-9-8-13-25(24)27;1-5-22(2)32-35(45)38-18-12-11-16-29(38)31(42)20-24(13-7-6-8-17-30(41)23(3)40)33(43)36-27(34(44)37-32)19-25-21-39(46-4)28-15-10-9-14-26(25)28/h9-10,14-15,21-24,27,29,32H,5-8,11-13,16-20H2,1-4H3,(H,37,43)(H,38,44);8-9,13-14,20,22-23,26,28,31-32H,4-7,10-12,15-19,21H2,1-3H3,(H,36,42)(H,37,43);9-10,14-15,21-24,27,29,32,40H,5-8,11-13,16-20H2,1-4H3,(H,36,43)(H,37,44)/t22?,23?,24-,27+,29-,32+;22?,23-,26+,28-,31?,32+;22?,23?,24-,27+,29-,32+/m111/s1. The zero-order valence-electron chi connectivity index (χ0n) is 82.5. The van der Waals surface area contributed by atoms with Crippen LogP contribution in [0.4, 0.5) is 4.39 Å². The maximum atomic E-state index is 14.1. The van der Waals surface area contributed by atoms with Crippen LogP contribution in [0.2, 0.25) is 0 Å². The molecule has 32 nitrogen and oxygen atoms in total. The molecule has 6 unspecified atom stereocenters. The summed E-state index contributed by atoms with van der Waals surface area (Å²) in [7, 11) is 4.67. The Hall–Kier alpha value is -11.2. The number of carbonyl (C=O) groups is 15. The van der Waals surface area contributed by atoms with Gasteiger partial charge in [0.15, 0.2) is 40.9 Å². The highest BCUT2D eigenvalue weighted by Crippen LogP contribution is 2.34. The van der Waals surface area contributed by atoms with Gasteiger partial charge in [-0.3, -0.25) is 71.9 Å². The number of piperidine rings is 3. The summed E-state index contributed by atoms with van der Waals surface area (Å²) in [6, 6.07) is 15.6. The molecule has 754 valence electrons. The maximum Gasteiger partial charge on any atom is 0.246 e. The van der Waals surface area contributed by atoms with Crippen LogP contribution >= 0.6 is 0 Å². The Morgan fingerprint density at radius 3 is 0.986 bits per heavy atom. The smallest absolute Gasteiger partial charge is 0.246 e. The van der Waals surface area contributed by atoms with E-state index in [-0.39, 0.29) is 134 Å². The monoisotopic (exact) mass is 1920 g/mol. The molecule has 0 bridgehead atoms. The minimum atomic E-state index is -1.50. The Morgan fingerprint density at radius 1 is 0.406 bits per heavy atom. The number of aliphatic hydroxyl groups excluding tert-OH is 1. The first-order valence-corrected chi connectivity index (χ1v) is 50.6. The number of ether oxygens (including phenoxy) is 1. The van der Waals surface area contributed by atoms with Crippen LogP contribution in [0.15, 0.2) is 91.4 Å². The average molecular weight is 1920 g/mol. The van der Waals surface area contributed by atoms with E-state index in [2.05, 4.69) is 31.9 Å². The van der Waals surface area contributed by atoms with Crippen molar-refractivity contribution in [2.75, 3.05) is 47.6 Å². The molecule has 0 radical (unpaired) electrons. The summed E-state index contributed by atoms with van der Waals surface area (Å²) in [5, 5.41) is 30.0. The third kappa shape index (κ3) is 27.9. The van der Waals surface area contributed by atoms with E-state index >= 15 is 0 Å². The van der Waals surface area contributed by atoms with Gasteiger partial charge in [0.05, 0.1) is 41.3 Å². The molecular formula is C105H147FN12O20. The molecule has 3 aromatic carbocycles. The summed E-state index contributed by atoms with van der Waals surface area (Å²) >= 11 is 0. The number of unbranched alkanes of at least 4 members (excludes halogenated alkanes) is 6. The van der Waals surface area contributed by atoms with E-state index in [4.69, 9.17) is 19.2 Å². The van der Waals surface area contributed by atoms with E-state index < -0.39 is 114 Å². The number of halogens is 1. The number of epoxide rings is 1. The van der Waals surface area contributed by atoms with Gasteiger partial charge >= 0.3 is 0 Å². The van der Waals surface area contributed by atoms with Gasteiger partial charge in [0.25, 0.3) is 0 Å². The fourth-order valence-corrected chi connectivity index (χ4v) is 20.2. The predicted molar refractivity (Wildman–Crippen MR) is 518 cm³/mol. The van der Waals surface area contributed by atoms with E-state index in [0.717, 1.165) is 94.3 Å². The fourth-order valence-electron chi connectivity index (χ4n) is 20.2. The van der Waals surface area contributed by atoms with Crippen molar-refractivity contribution < 1.29 is 101 Å². The normalized spacial score (nSPS) is 25.0. The second kappa shape index (κ2) is 51.6. The number of hydrogen-bond donors (Lipinski definition) is 7. The Bertz CT molecular complexity index is 4760. The molecule has 7 aliphatic rings. The van der Waals surface area contributed by atoms with Crippen LogP contribution in [0.25, 0.3) is 32.7 Å². The van der Waals surface area contributed by atoms with Gasteiger partial charge in [-0.2, -0.15) is 14.2 Å². The number of para-hydroxylation sites is 3. The van der Waals surface area contributed by atoms with Crippen molar-refractivity contribution >= 4 is 121 Å². The van der Waals surface area contributed by atoms with Gasteiger partial charge in [0.2, 0.25) is 53.2 Å². The van der Waals surface area contributed by atoms with Crippen LogP contribution in [-0.2, 0) is 95.9 Å². The Kier molecular flexibility index (Phi) is 40.1. The predicted octanol–water partition coefficient (Wildman–Crippen LogP) is 10.4. The molecule has 7 N–H and O–H groups in total. The molecule has 7 saturated heterocycles. The van der Waals surface area contributed by atoms with Gasteiger partial charge in [-0.15, -0.1) is 0 Å². The Balaban J connectivity index is 0.000000198. The summed E-state index contributed by atoms with van der Waals surface area (Å²) in [5.41, 5.74) is 4.85. The molecule has 33 heteroatoms. The first kappa shape index (κ1) is 107. The highest BCUT2D eigenvalue weighted by molar-refractivity contribution is 6.02. The molecule has 10 heterocycles. The largest absolute Gasteiger partial charge is 0.417 e. The summed E-state index contributed by atoms with van der Waals surface area (Å²) in [6.45, 7) is 16.1. The first-order valence-electron chi connectivity index (χ1n) is 50.6. The lowest BCUT2D eigenvalue weighted by atomic mass is 9.87. The molecule has 6 aromatic rings. The van der Waals surface area contributed by atoms with Gasteiger partial charge in [-0.05, 0) is 163 Å². The van der Waals surface area contributed by atoms with Crippen molar-refractivity contribution in [1.82, 2.24) is 60.8 Å². The maximum absolute atomic E-state index is 14.1. The molecule has 13 rings (SSSR count). The lowest BCUT2D eigenvalue weighted by Gasteiger charge is -2.39. The second-order valence-electron chi connectivity index (χ2n) is 39.0. The lowest BCUT2D eigenvalue weighted by molar-refractivity contribution is -0.147. The van der Waals surface area contributed by atoms with Crippen LogP contribution in [0, 0.1) is 35.5 Å². The zero-order chi connectivity index (χ0) is 99.6. The number of ketones is 6. The molecule has 7 aliphatic heterocycles. The van der Waals surface area contributed by atoms with E-state index in [1.165, 1.54) is 13.8 Å². The first-order chi connectivity index (χ1) is 66.3. The number of carbonyl (C=O) groups excluding carboxylic acids is 15. The summed E-state index contributed by atoms with van der Waals surface area (Å²) in [6.07, 6.45) is 18.9. The van der Waals surface area contributed by atoms with Crippen LogP contribution in [0.1, 0.15) is 265 Å². The molecule has 0 aliphatic carbocycles. The third-order valence-corrected chi connectivity index (χ3v) is 29.3. The number of aromatic nitrogens is 3. The van der Waals surface area contributed by atoms with Crippen molar-refractivity contribution in [3.8, 4) is 0 Å². The highest BCUT2D eigenvalue weighted by Gasteiger charge is 2.46. The van der Waals surface area contributed by atoms with Gasteiger partial charge in [0, 0.05) is 130 Å². The number of benzene rings is 3. The van der Waals surface area contributed by atoms with Crippen LogP contribution in [-0.4, -0.2) is 242 Å². The van der Waals surface area contributed by atoms with E-state index in [9.17, 15) is 81.4 Å². The van der Waals surface area contributed by atoms with Crippen LogP contribution < -0.4 is 46.4 Å². The van der Waals surface area contributed by atoms with Crippen LogP contribution in [0.3, 0.4) is 0 Å². The third-order valence-electron chi connectivity index (χ3n) is 29.3. The van der Waals surface area contributed by atoms with Crippen molar-refractivity contribution in [3.05, 3.63) is 108 Å². The Labute approximate surface area is 809 Å². The number of amides is 9. The van der Waals surface area contributed by atoms with Gasteiger partial charge < -0.3 is 71.0 Å². The molecule has 3 aromatic heterocycles. The minimum absolute atomic E-state index is 0.000441. The van der Waals surface area contributed by atoms with E-state index in [1.807, 2.05) is 121 Å². The molecule has 0 spiro atoms. The van der Waals surface area contributed by atoms with Gasteiger partial charge in [0.1, 0.15) is 69.8 Å². The minimum Gasteiger partial charge on any atom is -0.417 e. The number of nitrogens with one attached hydrogen (secondary N) is 6. The Morgan fingerprint density at radius 2 is 0.703 bits per heavy atom. The number of Topliss-reactive ketones (excluding diaryl/α,β-unsaturated/α-hetero) is 6. The average Bonchev–Trinajstić information content (AvgIpc) is 1.47. The molecule has 138 heavy (non-hydrogen) atoms. The van der Waals surface area contributed by atoms with Gasteiger partial charge in [-0.1, -0.05) is 154 Å². The van der Waals surface area contributed by atoms with Crippen molar-refractivity contribution in [2.45, 2.75) is 340 Å². The quantitative estimate of drug-likeness (QED) is 0.0142. The van der Waals surface area contributed by atoms with Crippen molar-refractivity contribution in [1.29, 1.82) is 0 Å². The number of nitrogens with zero attached hydrogens (tertiary/aromatic N) is 6. The van der Waals surface area contributed by atoms with Gasteiger partial charge in [-0.25, -0.2) is 4.39 Å².